The molecule has 1 atom stereocenters. The summed E-state index contributed by atoms with van der Waals surface area (Å²) in [4.78, 5) is 25.0. The van der Waals surface area contributed by atoms with Crippen LogP contribution >= 0.6 is 0 Å². The van der Waals surface area contributed by atoms with Gasteiger partial charge in [0.1, 0.15) is 0 Å². The first-order valence-electron chi connectivity index (χ1n) is 8.83. The van der Waals surface area contributed by atoms with Gasteiger partial charge in [-0.25, -0.2) is 0 Å². The van der Waals surface area contributed by atoms with E-state index in [0.717, 1.165) is 17.6 Å². The SMILES string of the molecule is CC[C@](C)(/C=C(/C(C)C)C1C(=O)OC(C)(C)OC1=O)c1ccccc1. The van der Waals surface area contributed by atoms with Crippen LogP contribution in [0, 0.1) is 11.8 Å². The zero-order valence-electron chi connectivity index (χ0n) is 16.0. The lowest BCUT2D eigenvalue weighted by atomic mass is 9.75. The second-order valence-electron chi connectivity index (χ2n) is 7.61. The highest BCUT2D eigenvalue weighted by atomic mass is 16.7. The lowest BCUT2D eigenvalue weighted by Crippen LogP contribution is -2.47. The average molecular weight is 344 g/mol. The van der Waals surface area contributed by atoms with Gasteiger partial charge in [0, 0.05) is 19.3 Å². The number of carbonyl (C=O) groups is 2. The van der Waals surface area contributed by atoms with E-state index in [1.54, 1.807) is 13.8 Å². The highest BCUT2D eigenvalue weighted by Crippen LogP contribution is 2.37. The fourth-order valence-corrected chi connectivity index (χ4v) is 3.15. The number of hydrogen-bond donors (Lipinski definition) is 0. The first-order chi connectivity index (χ1) is 11.6. The fourth-order valence-electron chi connectivity index (χ4n) is 3.15. The van der Waals surface area contributed by atoms with Gasteiger partial charge in [0.2, 0.25) is 0 Å². The van der Waals surface area contributed by atoms with Crippen LogP contribution in [-0.4, -0.2) is 17.7 Å². The van der Waals surface area contributed by atoms with Crippen molar-refractivity contribution in [2.24, 2.45) is 11.8 Å². The van der Waals surface area contributed by atoms with Crippen molar-refractivity contribution in [1.82, 2.24) is 0 Å². The molecule has 136 valence electrons. The maximum absolute atomic E-state index is 12.5. The molecule has 25 heavy (non-hydrogen) atoms. The molecule has 0 amide bonds. The van der Waals surface area contributed by atoms with Crippen LogP contribution in [0.1, 0.15) is 53.5 Å². The molecule has 1 aliphatic heterocycles. The van der Waals surface area contributed by atoms with Crippen molar-refractivity contribution in [1.29, 1.82) is 0 Å². The number of cyclic esters (lactones) is 2. The van der Waals surface area contributed by atoms with E-state index in [1.165, 1.54) is 0 Å². The van der Waals surface area contributed by atoms with Gasteiger partial charge in [-0.1, -0.05) is 64.1 Å². The van der Waals surface area contributed by atoms with Crippen LogP contribution in [0.3, 0.4) is 0 Å². The molecule has 4 heteroatoms. The Kier molecular flexibility index (Phi) is 5.40. The Morgan fingerprint density at radius 2 is 1.68 bits per heavy atom. The molecule has 0 saturated carbocycles. The molecule has 1 aromatic carbocycles. The third-order valence-electron chi connectivity index (χ3n) is 4.82. The lowest BCUT2D eigenvalue weighted by molar-refractivity contribution is -0.237. The van der Waals surface area contributed by atoms with Gasteiger partial charge in [0.05, 0.1) is 0 Å². The monoisotopic (exact) mass is 344 g/mol. The van der Waals surface area contributed by atoms with E-state index in [2.05, 4.69) is 32.1 Å². The summed E-state index contributed by atoms with van der Waals surface area (Å²) in [6.07, 6.45) is 2.90. The van der Waals surface area contributed by atoms with Crippen molar-refractivity contribution in [2.45, 2.75) is 59.2 Å². The normalized spacial score (nSPS) is 20.8. The molecule has 0 unspecified atom stereocenters. The molecule has 0 aliphatic carbocycles. The second-order valence-corrected chi connectivity index (χ2v) is 7.61. The van der Waals surface area contributed by atoms with Crippen LogP contribution < -0.4 is 0 Å². The van der Waals surface area contributed by atoms with E-state index < -0.39 is 23.6 Å². The summed E-state index contributed by atoms with van der Waals surface area (Å²) < 4.78 is 10.6. The van der Waals surface area contributed by atoms with Crippen LogP contribution in [-0.2, 0) is 24.5 Å². The highest BCUT2D eigenvalue weighted by Gasteiger charge is 2.46. The number of carbonyl (C=O) groups excluding carboxylic acids is 2. The number of allylic oxidation sites excluding steroid dienone is 1. The predicted octanol–water partition coefficient (Wildman–Crippen LogP) is 4.39. The van der Waals surface area contributed by atoms with Gasteiger partial charge in [0.25, 0.3) is 5.79 Å². The molecule has 0 N–H and O–H groups in total. The Labute approximate surface area is 150 Å². The second kappa shape index (κ2) is 7.03. The Bertz CT molecular complexity index is 652. The van der Waals surface area contributed by atoms with Gasteiger partial charge in [0.15, 0.2) is 5.92 Å². The Hall–Kier alpha value is -2.10. The van der Waals surface area contributed by atoms with Gasteiger partial charge in [-0.05, 0) is 23.5 Å². The molecule has 0 radical (unpaired) electrons. The molecule has 1 aliphatic rings. The zero-order chi connectivity index (χ0) is 18.8. The topological polar surface area (TPSA) is 52.6 Å². The molecule has 1 fully saturated rings. The van der Waals surface area contributed by atoms with Crippen molar-refractivity contribution in [3.63, 3.8) is 0 Å². The van der Waals surface area contributed by atoms with Crippen LogP contribution in [0.4, 0.5) is 0 Å². The summed E-state index contributed by atoms with van der Waals surface area (Å²) in [5.41, 5.74) is 1.61. The smallest absolute Gasteiger partial charge is 0.327 e. The third-order valence-corrected chi connectivity index (χ3v) is 4.82. The quantitative estimate of drug-likeness (QED) is 0.452. The minimum Gasteiger partial charge on any atom is -0.422 e. The summed E-state index contributed by atoms with van der Waals surface area (Å²) in [7, 11) is 0. The summed E-state index contributed by atoms with van der Waals surface area (Å²) in [5.74, 6) is -3.26. The van der Waals surface area contributed by atoms with Crippen molar-refractivity contribution >= 4 is 11.9 Å². The minimum absolute atomic E-state index is 0.0147. The molecule has 0 spiro atoms. The van der Waals surface area contributed by atoms with E-state index in [-0.39, 0.29) is 11.3 Å². The molecule has 1 saturated heterocycles. The van der Waals surface area contributed by atoms with Gasteiger partial charge in [-0.15, -0.1) is 0 Å². The summed E-state index contributed by atoms with van der Waals surface area (Å²) >= 11 is 0. The number of benzene rings is 1. The highest BCUT2D eigenvalue weighted by molar-refractivity contribution is 6.00. The molecular formula is C21H28O4. The van der Waals surface area contributed by atoms with E-state index in [0.29, 0.717) is 0 Å². The van der Waals surface area contributed by atoms with Gasteiger partial charge < -0.3 is 9.47 Å². The van der Waals surface area contributed by atoms with Crippen LogP contribution in [0.5, 0.6) is 0 Å². The molecule has 2 rings (SSSR count). The number of rotatable bonds is 5. The first-order valence-corrected chi connectivity index (χ1v) is 8.83. The van der Waals surface area contributed by atoms with Crippen LogP contribution in [0.15, 0.2) is 42.0 Å². The first kappa shape index (κ1) is 19.2. The molecule has 0 aromatic heterocycles. The molecule has 1 heterocycles. The zero-order valence-corrected chi connectivity index (χ0v) is 16.0. The Morgan fingerprint density at radius 1 is 1.16 bits per heavy atom. The van der Waals surface area contributed by atoms with Crippen LogP contribution in [0.2, 0.25) is 0 Å². The maximum atomic E-state index is 12.5. The number of ether oxygens (including phenoxy) is 2. The third kappa shape index (κ3) is 4.12. The summed E-state index contributed by atoms with van der Waals surface area (Å²) in [6.45, 7) is 11.3. The summed E-state index contributed by atoms with van der Waals surface area (Å²) in [5, 5.41) is 0. The van der Waals surface area contributed by atoms with E-state index in [9.17, 15) is 9.59 Å². The lowest BCUT2D eigenvalue weighted by Gasteiger charge is -2.36. The van der Waals surface area contributed by atoms with E-state index in [4.69, 9.17) is 9.47 Å². The molecule has 0 bridgehead atoms. The van der Waals surface area contributed by atoms with Crippen molar-refractivity contribution < 1.29 is 19.1 Å². The van der Waals surface area contributed by atoms with Crippen molar-refractivity contribution in [3.05, 3.63) is 47.5 Å². The maximum Gasteiger partial charge on any atom is 0.327 e. The van der Waals surface area contributed by atoms with E-state index >= 15 is 0 Å². The fraction of sp³-hybridized carbons (Fsp3) is 0.524. The van der Waals surface area contributed by atoms with Crippen molar-refractivity contribution in [3.8, 4) is 0 Å². The largest absolute Gasteiger partial charge is 0.422 e. The molecular weight excluding hydrogens is 316 g/mol. The van der Waals surface area contributed by atoms with E-state index in [1.807, 2.05) is 32.0 Å². The Morgan fingerprint density at radius 3 is 2.12 bits per heavy atom. The number of hydrogen-bond acceptors (Lipinski definition) is 4. The van der Waals surface area contributed by atoms with Crippen LogP contribution in [0.25, 0.3) is 0 Å². The minimum atomic E-state index is -1.21. The molecule has 1 aromatic rings. The number of esters is 2. The van der Waals surface area contributed by atoms with Crippen molar-refractivity contribution in [2.75, 3.05) is 0 Å². The standard InChI is InChI=1S/C21H28O4/c1-7-21(6,15-11-9-8-10-12-15)13-16(14(2)3)17-18(22)24-20(4,5)25-19(17)23/h8-14,17H,7H2,1-6H3/b16-13-/t21-/m1/s1. The molecule has 4 nitrogen and oxygen atoms in total. The average Bonchev–Trinajstić information content (AvgIpc) is 2.52. The Balaban J connectivity index is 2.48. The summed E-state index contributed by atoms with van der Waals surface area (Å²) in [6, 6.07) is 10.1. The van der Waals surface area contributed by atoms with Gasteiger partial charge >= 0.3 is 11.9 Å². The van der Waals surface area contributed by atoms with Gasteiger partial charge in [-0.2, -0.15) is 0 Å². The predicted molar refractivity (Wildman–Crippen MR) is 96.8 cm³/mol. The van der Waals surface area contributed by atoms with Gasteiger partial charge in [-0.3, -0.25) is 9.59 Å².